The smallest absolute Gasteiger partial charge is 0.0578 e. The molecular formula is C25H28N2S. The molecule has 1 unspecified atom stereocenters. The maximum Gasteiger partial charge on any atom is 0.0578 e. The minimum Gasteiger partial charge on any atom is -0.354 e. The standard InChI is InChI=1S/C25H28N2S/c1-5-17-13-15(3)24-23(21-11-12-28-25(21)16(4)27-24)22(17)20-9-7-19(8-10-20)18(6-2)14-26/h7-13,18,27H,4-6,14,26H2,1-3H3. The van der Waals surface area contributed by atoms with E-state index in [1.807, 2.05) is 0 Å². The molecule has 0 radical (unpaired) electrons. The van der Waals surface area contributed by atoms with Gasteiger partial charge in [0.2, 0.25) is 0 Å². The molecule has 0 fully saturated rings. The van der Waals surface area contributed by atoms with E-state index in [0.29, 0.717) is 12.5 Å². The number of thiophene rings is 1. The molecule has 0 saturated carbocycles. The molecule has 1 aliphatic heterocycles. The van der Waals surface area contributed by atoms with Gasteiger partial charge in [-0.2, -0.15) is 0 Å². The summed E-state index contributed by atoms with van der Waals surface area (Å²) in [5.74, 6) is 0.431. The number of nitrogens with two attached hydrogens (primary N) is 1. The van der Waals surface area contributed by atoms with Crippen LogP contribution in [0.1, 0.15) is 47.8 Å². The van der Waals surface area contributed by atoms with Crippen LogP contribution in [0.25, 0.3) is 28.0 Å². The zero-order valence-corrected chi connectivity index (χ0v) is 17.7. The van der Waals surface area contributed by atoms with Crippen LogP contribution >= 0.6 is 11.3 Å². The van der Waals surface area contributed by atoms with E-state index < -0.39 is 0 Å². The number of fused-ring (bicyclic) bond motifs is 3. The summed E-state index contributed by atoms with van der Waals surface area (Å²) in [6, 6.07) is 13.6. The van der Waals surface area contributed by atoms with Gasteiger partial charge in [-0.05, 0) is 71.5 Å². The number of nitrogens with one attached hydrogen (secondary N) is 1. The van der Waals surface area contributed by atoms with Gasteiger partial charge < -0.3 is 11.1 Å². The van der Waals surface area contributed by atoms with E-state index in [1.54, 1.807) is 11.3 Å². The molecule has 0 bridgehead atoms. The predicted octanol–water partition coefficient (Wildman–Crippen LogP) is 6.80. The number of aryl methyl sites for hydroxylation is 2. The summed E-state index contributed by atoms with van der Waals surface area (Å²) < 4.78 is 0. The summed E-state index contributed by atoms with van der Waals surface area (Å²) in [5, 5.41) is 5.75. The first kappa shape index (κ1) is 19.0. The normalized spacial score (nSPS) is 13.6. The molecule has 0 aliphatic carbocycles. The van der Waals surface area contributed by atoms with E-state index in [1.165, 1.54) is 49.5 Å². The van der Waals surface area contributed by atoms with Crippen LogP contribution in [-0.2, 0) is 6.42 Å². The van der Waals surface area contributed by atoms with Crippen molar-refractivity contribution >= 4 is 22.7 Å². The molecule has 0 amide bonds. The zero-order chi connectivity index (χ0) is 19.8. The third kappa shape index (κ3) is 2.99. The van der Waals surface area contributed by atoms with E-state index in [0.717, 1.165) is 18.5 Å². The van der Waals surface area contributed by atoms with Crippen LogP contribution < -0.4 is 11.1 Å². The molecule has 1 aliphatic rings. The Balaban J connectivity index is 1.94. The van der Waals surface area contributed by atoms with Crippen LogP contribution in [-0.4, -0.2) is 6.54 Å². The second kappa shape index (κ2) is 7.57. The maximum atomic E-state index is 5.96. The average molecular weight is 389 g/mol. The number of rotatable bonds is 5. The second-order valence-electron chi connectivity index (χ2n) is 7.56. The Kier molecular flexibility index (Phi) is 5.13. The van der Waals surface area contributed by atoms with Crippen molar-refractivity contribution in [2.24, 2.45) is 5.73 Å². The second-order valence-corrected chi connectivity index (χ2v) is 8.48. The molecule has 0 spiro atoms. The topological polar surface area (TPSA) is 38.0 Å². The zero-order valence-electron chi connectivity index (χ0n) is 16.9. The maximum absolute atomic E-state index is 5.96. The van der Waals surface area contributed by atoms with Gasteiger partial charge in [0.1, 0.15) is 0 Å². The van der Waals surface area contributed by atoms with Crippen LogP contribution in [0.2, 0.25) is 0 Å². The van der Waals surface area contributed by atoms with Gasteiger partial charge >= 0.3 is 0 Å². The average Bonchev–Trinajstić information content (AvgIpc) is 3.21. The molecule has 2 nitrogen and oxygen atoms in total. The van der Waals surface area contributed by atoms with Crippen molar-refractivity contribution in [3.8, 4) is 22.3 Å². The van der Waals surface area contributed by atoms with Crippen molar-refractivity contribution in [1.29, 1.82) is 0 Å². The number of hydrogen-bond donors (Lipinski definition) is 2. The van der Waals surface area contributed by atoms with Crippen molar-refractivity contribution in [2.75, 3.05) is 11.9 Å². The Bertz CT molecular complexity index is 1020. The highest BCUT2D eigenvalue weighted by molar-refractivity contribution is 7.11. The fourth-order valence-electron chi connectivity index (χ4n) is 4.34. The highest BCUT2D eigenvalue weighted by Crippen LogP contribution is 2.50. The summed E-state index contributed by atoms with van der Waals surface area (Å²) in [4.78, 5) is 1.24. The van der Waals surface area contributed by atoms with Crippen molar-refractivity contribution in [1.82, 2.24) is 0 Å². The lowest BCUT2D eigenvalue weighted by Gasteiger charge is -2.27. The van der Waals surface area contributed by atoms with Crippen molar-refractivity contribution in [3.05, 3.63) is 69.9 Å². The van der Waals surface area contributed by atoms with Gasteiger partial charge in [0.15, 0.2) is 0 Å². The number of anilines is 1. The van der Waals surface area contributed by atoms with Crippen LogP contribution in [0.15, 0.2) is 48.4 Å². The molecule has 2 aromatic carbocycles. The van der Waals surface area contributed by atoms with E-state index in [2.05, 4.69) is 74.4 Å². The molecule has 1 aromatic heterocycles. The lowest BCUT2D eigenvalue weighted by Crippen LogP contribution is -2.11. The van der Waals surface area contributed by atoms with E-state index >= 15 is 0 Å². The van der Waals surface area contributed by atoms with Gasteiger partial charge in [0, 0.05) is 16.8 Å². The Hall–Kier alpha value is -2.36. The summed E-state index contributed by atoms with van der Waals surface area (Å²) in [5.41, 5.74) is 17.4. The lowest BCUT2D eigenvalue weighted by atomic mass is 9.84. The fraction of sp³-hybridized carbons (Fsp3) is 0.280. The number of benzene rings is 2. The SMILES string of the molecule is C=C1Nc2c(C)cc(CC)c(-c3ccc(C(CC)CN)cc3)c2-c2ccsc21. The summed E-state index contributed by atoms with van der Waals surface area (Å²) in [7, 11) is 0. The molecule has 2 heterocycles. The Morgan fingerprint density at radius 3 is 2.50 bits per heavy atom. The first-order valence-corrected chi connectivity index (χ1v) is 11.0. The molecule has 28 heavy (non-hydrogen) atoms. The van der Waals surface area contributed by atoms with Crippen LogP contribution in [0.3, 0.4) is 0 Å². The third-order valence-corrected chi connectivity index (χ3v) is 6.89. The van der Waals surface area contributed by atoms with Gasteiger partial charge in [-0.3, -0.25) is 0 Å². The quantitative estimate of drug-likeness (QED) is 0.504. The first-order chi connectivity index (χ1) is 13.6. The van der Waals surface area contributed by atoms with Gasteiger partial charge in [-0.1, -0.05) is 50.8 Å². The van der Waals surface area contributed by atoms with Gasteiger partial charge in [0.25, 0.3) is 0 Å². The lowest BCUT2D eigenvalue weighted by molar-refractivity contribution is 0.674. The highest BCUT2D eigenvalue weighted by Gasteiger charge is 2.26. The molecular weight excluding hydrogens is 360 g/mol. The van der Waals surface area contributed by atoms with Gasteiger partial charge in [-0.25, -0.2) is 0 Å². The van der Waals surface area contributed by atoms with Crippen LogP contribution in [0.5, 0.6) is 0 Å². The van der Waals surface area contributed by atoms with E-state index in [4.69, 9.17) is 5.73 Å². The van der Waals surface area contributed by atoms with E-state index in [9.17, 15) is 0 Å². The highest BCUT2D eigenvalue weighted by atomic mass is 32.1. The summed E-state index contributed by atoms with van der Waals surface area (Å²) >= 11 is 1.76. The van der Waals surface area contributed by atoms with E-state index in [-0.39, 0.29) is 0 Å². The Morgan fingerprint density at radius 2 is 1.86 bits per heavy atom. The Morgan fingerprint density at radius 1 is 1.11 bits per heavy atom. The molecule has 144 valence electrons. The predicted molar refractivity (Wildman–Crippen MR) is 124 cm³/mol. The minimum absolute atomic E-state index is 0.431. The monoisotopic (exact) mass is 388 g/mol. The van der Waals surface area contributed by atoms with Crippen molar-refractivity contribution in [2.45, 2.75) is 39.5 Å². The summed E-state index contributed by atoms with van der Waals surface area (Å²) in [6.07, 6.45) is 2.08. The molecule has 1 atom stereocenters. The Labute approximate surface area is 172 Å². The van der Waals surface area contributed by atoms with Crippen molar-refractivity contribution in [3.63, 3.8) is 0 Å². The molecule has 4 rings (SSSR count). The molecule has 3 heteroatoms. The molecule has 3 N–H and O–H groups in total. The van der Waals surface area contributed by atoms with Crippen LogP contribution in [0, 0.1) is 6.92 Å². The largest absolute Gasteiger partial charge is 0.354 e. The van der Waals surface area contributed by atoms with Crippen molar-refractivity contribution < 1.29 is 0 Å². The molecule has 3 aromatic rings. The van der Waals surface area contributed by atoms with Crippen LogP contribution in [0.4, 0.5) is 5.69 Å². The number of hydrogen-bond acceptors (Lipinski definition) is 3. The molecule has 0 saturated heterocycles. The first-order valence-electron chi connectivity index (χ1n) is 10.1. The third-order valence-electron chi connectivity index (χ3n) is 5.92. The summed E-state index contributed by atoms with van der Waals surface area (Å²) in [6.45, 7) is 11.6. The fourth-order valence-corrected chi connectivity index (χ4v) is 5.17. The minimum atomic E-state index is 0.431. The van der Waals surface area contributed by atoms with Gasteiger partial charge in [0.05, 0.1) is 10.6 Å². The van der Waals surface area contributed by atoms with Gasteiger partial charge in [-0.15, -0.1) is 11.3 Å².